The van der Waals surface area contributed by atoms with Gasteiger partial charge in [0.1, 0.15) is 5.54 Å². The molecule has 5 heteroatoms. The molecule has 2 fully saturated rings. The highest BCUT2D eigenvalue weighted by atomic mass is 16.2. The average molecular weight is 295 g/mol. The van der Waals surface area contributed by atoms with Crippen LogP contribution >= 0.6 is 0 Å². The first kappa shape index (κ1) is 16.3. The third kappa shape index (κ3) is 2.80. The van der Waals surface area contributed by atoms with E-state index in [0.717, 1.165) is 25.7 Å². The van der Waals surface area contributed by atoms with Gasteiger partial charge in [0, 0.05) is 26.7 Å². The maximum Gasteiger partial charge on any atom is 0.247 e. The standard InChI is InChI=1S/C16H29N3O2/c1-15(2)13(20)18(3)10-11-19(15)14(21)16(12-17)8-6-4-5-7-9-16/h4-12,17H2,1-3H3. The predicted octanol–water partition coefficient (Wildman–Crippen LogP) is 1.36. The third-order valence-corrected chi connectivity index (χ3v) is 5.35. The van der Waals surface area contributed by atoms with Crippen LogP contribution in [0.1, 0.15) is 52.4 Å². The Balaban J connectivity index is 2.26. The van der Waals surface area contributed by atoms with E-state index in [1.54, 1.807) is 16.8 Å². The van der Waals surface area contributed by atoms with Crippen LogP contribution in [0.15, 0.2) is 0 Å². The lowest BCUT2D eigenvalue weighted by Crippen LogP contribution is -2.66. The van der Waals surface area contributed by atoms with Crippen molar-refractivity contribution in [3.8, 4) is 0 Å². The Kier molecular flexibility index (Phi) is 4.61. The first-order chi connectivity index (χ1) is 9.85. The summed E-state index contributed by atoms with van der Waals surface area (Å²) in [6.45, 7) is 5.31. The molecule has 21 heavy (non-hydrogen) atoms. The van der Waals surface area contributed by atoms with Crippen molar-refractivity contribution in [1.82, 2.24) is 9.80 Å². The van der Waals surface area contributed by atoms with Gasteiger partial charge < -0.3 is 15.5 Å². The lowest BCUT2D eigenvalue weighted by atomic mass is 9.77. The molecule has 0 unspecified atom stereocenters. The molecule has 0 aromatic heterocycles. The smallest absolute Gasteiger partial charge is 0.247 e. The largest absolute Gasteiger partial charge is 0.342 e. The minimum atomic E-state index is -0.765. The third-order valence-electron chi connectivity index (χ3n) is 5.35. The van der Waals surface area contributed by atoms with Crippen molar-refractivity contribution < 1.29 is 9.59 Å². The quantitative estimate of drug-likeness (QED) is 0.782. The second kappa shape index (κ2) is 5.95. The summed E-state index contributed by atoms with van der Waals surface area (Å²) in [4.78, 5) is 29.1. The number of carbonyl (C=O) groups excluding carboxylic acids is 2. The molecule has 0 aromatic carbocycles. The van der Waals surface area contributed by atoms with Crippen LogP contribution in [0.2, 0.25) is 0 Å². The van der Waals surface area contributed by atoms with Gasteiger partial charge in [0.2, 0.25) is 11.8 Å². The Morgan fingerprint density at radius 2 is 1.71 bits per heavy atom. The summed E-state index contributed by atoms with van der Waals surface area (Å²) >= 11 is 0. The highest BCUT2D eigenvalue weighted by Gasteiger charge is 2.49. The fourth-order valence-electron chi connectivity index (χ4n) is 3.77. The highest BCUT2D eigenvalue weighted by Crippen LogP contribution is 2.38. The van der Waals surface area contributed by atoms with E-state index in [1.807, 2.05) is 13.8 Å². The maximum atomic E-state index is 13.2. The van der Waals surface area contributed by atoms with Gasteiger partial charge in [-0.15, -0.1) is 0 Å². The molecule has 2 N–H and O–H groups in total. The zero-order valence-corrected chi connectivity index (χ0v) is 13.7. The van der Waals surface area contributed by atoms with Crippen LogP contribution in [0.4, 0.5) is 0 Å². The van der Waals surface area contributed by atoms with E-state index in [0.29, 0.717) is 19.6 Å². The molecule has 120 valence electrons. The molecule has 2 aliphatic rings. The van der Waals surface area contributed by atoms with Crippen molar-refractivity contribution in [2.45, 2.75) is 57.9 Å². The molecule has 1 saturated heterocycles. The van der Waals surface area contributed by atoms with Gasteiger partial charge in [-0.2, -0.15) is 0 Å². The number of nitrogens with zero attached hydrogens (tertiary/aromatic N) is 2. The van der Waals surface area contributed by atoms with Crippen molar-refractivity contribution in [1.29, 1.82) is 0 Å². The van der Waals surface area contributed by atoms with Crippen LogP contribution < -0.4 is 5.73 Å². The van der Waals surface area contributed by atoms with E-state index in [2.05, 4.69) is 0 Å². The normalized spacial score (nSPS) is 25.6. The number of amides is 2. The van der Waals surface area contributed by atoms with Crippen molar-refractivity contribution in [2.24, 2.45) is 11.1 Å². The minimum Gasteiger partial charge on any atom is -0.342 e. The average Bonchev–Trinajstić information content (AvgIpc) is 2.71. The van der Waals surface area contributed by atoms with Crippen molar-refractivity contribution in [3.05, 3.63) is 0 Å². The number of nitrogens with two attached hydrogens (primary N) is 1. The van der Waals surface area contributed by atoms with Gasteiger partial charge >= 0.3 is 0 Å². The zero-order chi connectivity index (χ0) is 15.7. The summed E-state index contributed by atoms with van der Waals surface area (Å²) in [7, 11) is 1.80. The SMILES string of the molecule is CN1CCN(C(=O)C2(CN)CCCCCC2)C(C)(C)C1=O. The van der Waals surface area contributed by atoms with Gasteiger partial charge in [-0.3, -0.25) is 9.59 Å². The summed E-state index contributed by atoms with van der Waals surface area (Å²) in [6, 6.07) is 0. The Bertz CT molecular complexity index is 412. The van der Waals surface area contributed by atoms with E-state index in [4.69, 9.17) is 5.73 Å². The molecule has 1 saturated carbocycles. The molecule has 0 aromatic rings. The number of piperazine rings is 1. The molecule has 1 aliphatic carbocycles. The molecule has 1 aliphatic heterocycles. The Labute approximate surface area is 127 Å². The van der Waals surface area contributed by atoms with Gasteiger partial charge in [-0.1, -0.05) is 25.7 Å². The van der Waals surface area contributed by atoms with Crippen LogP contribution in [0, 0.1) is 5.41 Å². The lowest BCUT2D eigenvalue weighted by Gasteiger charge is -2.48. The molecular weight excluding hydrogens is 266 g/mol. The van der Waals surface area contributed by atoms with Crippen molar-refractivity contribution in [2.75, 3.05) is 26.7 Å². The molecule has 2 rings (SSSR count). The first-order valence-corrected chi connectivity index (χ1v) is 8.13. The fraction of sp³-hybridized carbons (Fsp3) is 0.875. The van der Waals surface area contributed by atoms with E-state index in [9.17, 15) is 9.59 Å². The van der Waals surface area contributed by atoms with Crippen molar-refractivity contribution >= 4 is 11.8 Å². The van der Waals surface area contributed by atoms with Crippen LogP contribution in [0.5, 0.6) is 0 Å². The first-order valence-electron chi connectivity index (χ1n) is 8.13. The van der Waals surface area contributed by atoms with E-state index >= 15 is 0 Å². The molecule has 1 heterocycles. The van der Waals surface area contributed by atoms with Crippen LogP contribution in [-0.4, -0.2) is 53.8 Å². The molecule has 0 spiro atoms. The van der Waals surface area contributed by atoms with Gasteiger partial charge in [-0.05, 0) is 26.7 Å². The number of likely N-dealkylation sites (N-methyl/N-ethyl adjacent to an activating group) is 1. The predicted molar refractivity (Wildman–Crippen MR) is 82.6 cm³/mol. The second-order valence-electron chi connectivity index (χ2n) is 7.14. The van der Waals surface area contributed by atoms with E-state index < -0.39 is 11.0 Å². The minimum absolute atomic E-state index is 0.0166. The summed E-state index contributed by atoms with van der Waals surface area (Å²) < 4.78 is 0. The lowest BCUT2D eigenvalue weighted by molar-refractivity contribution is -0.163. The monoisotopic (exact) mass is 295 g/mol. The number of rotatable bonds is 2. The van der Waals surface area contributed by atoms with Crippen molar-refractivity contribution in [3.63, 3.8) is 0 Å². The van der Waals surface area contributed by atoms with Crippen LogP contribution in [-0.2, 0) is 9.59 Å². The van der Waals surface area contributed by atoms with E-state index in [1.165, 1.54) is 12.8 Å². The molecule has 0 atom stereocenters. The van der Waals surface area contributed by atoms with E-state index in [-0.39, 0.29) is 11.8 Å². The molecule has 2 amide bonds. The highest BCUT2D eigenvalue weighted by molar-refractivity contribution is 5.93. The van der Waals surface area contributed by atoms with Crippen LogP contribution in [0.25, 0.3) is 0 Å². The van der Waals surface area contributed by atoms with Gasteiger partial charge in [-0.25, -0.2) is 0 Å². The maximum absolute atomic E-state index is 13.2. The fourth-order valence-corrected chi connectivity index (χ4v) is 3.77. The summed E-state index contributed by atoms with van der Waals surface area (Å²) in [5.74, 6) is 0.112. The van der Waals surface area contributed by atoms with Gasteiger partial charge in [0.15, 0.2) is 0 Å². The second-order valence-corrected chi connectivity index (χ2v) is 7.14. The van der Waals surface area contributed by atoms with Crippen LogP contribution in [0.3, 0.4) is 0 Å². The van der Waals surface area contributed by atoms with Gasteiger partial charge in [0.05, 0.1) is 5.41 Å². The number of hydrogen-bond donors (Lipinski definition) is 1. The molecule has 0 radical (unpaired) electrons. The number of hydrogen-bond acceptors (Lipinski definition) is 3. The zero-order valence-electron chi connectivity index (χ0n) is 13.7. The molecular formula is C16H29N3O2. The Hall–Kier alpha value is -1.10. The molecule has 0 bridgehead atoms. The topological polar surface area (TPSA) is 66.6 Å². The Morgan fingerprint density at radius 3 is 2.24 bits per heavy atom. The Morgan fingerprint density at radius 1 is 1.14 bits per heavy atom. The molecule has 5 nitrogen and oxygen atoms in total. The van der Waals surface area contributed by atoms with Gasteiger partial charge in [0.25, 0.3) is 0 Å². The summed E-state index contributed by atoms with van der Waals surface area (Å²) in [5.41, 5.74) is 4.80. The number of carbonyl (C=O) groups is 2. The summed E-state index contributed by atoms with van der Waals surface area (Å²) in [6.07, 6.45) is 6.20. The summed E-state index contributed by atoms with van der Waals surface area (Å²) in [5, 5.41) is 0.